The summed E-state index contributed by atoms with van der Waals surface area (Å²) in [6.45, 7) is 6.61. The first-order valence-corrected chi connectivity index (χ1v) is 6.78. The molecule has 0 N–H and O–H groups in total. The molecule has 0 amide bonds. The largest absolute Gasteiger partial charge is 0.489 e. The van der Waals surface area contributed by atoms with Gasteiger partial charge in [-0.25, -0.2) is 0 Å². The van der Waals surface area contributed by atoms with Crippen LogP contribution in [0.15, 0.2) is 18.2 Å². The lowest BCUT2D eigenvalue weighted by Crippen LogP contribution is -2.29. The molecule has 1 aliphatic carbocycles. The number of hydrogen-bond donors (Lipinski definition) is 0. The van der Waals surface area contributed by atoms with Crippen molar-refractivity contribution in [2.24, 2.45) is 11.8 Å². The number of ether oxygens (including phenoxy) is 1. The van der Waals surface area contributed by atoms with Crippen LogP contribution in [-0.4, -0.2) is 6.10 Å². The SMILES string of the molecule is Cc1cccc(C#N)c1OC1CCC(C)C(C)C1. The van der Waals surface area contributed by atoms with Gasteiger partial charge in [0.25, 0.3) is 0 Å². The predicted molar refractivity (Wildman–Crippen MR) is 72.5 cm³/mol. The lowest BCUT2D eigenvalue weighted by Gasteiger charge is -2.32. The van der Waals surface area contributed by atoms with Crippen LogP contribution < -0.4 is 4.74 Å². The molecule has 0 spiro atoms. The first-order valence-electron chi connectivity index (χ1n) is 6.78. The molecule has 2 heteroatoms. The van der Waals surface area contributed by atoms with E-state index in [9.17, 15) is 0 Å². The van der Waals surface area contributed by atoms with Crippen LogP contribution in [0, 0.1) is 30.1 Å². The summed E-state index contributed by atoms with van der Waals surface area (Å²) in [5.74, 6) is 2.28. The van der Waals surface area contributed by atoms with Crippen molar-refractivity contribution in [1.82, 2.24) is 0 Å². The van der Waals surface area contributed by atoms with Gasteiger partial charge < -0.3 is 4.74 Å². The molecule has 1 aromatic carbocycles. The lowest BCUT2D eigenvalue weighted by atomic mass is 9.80. The minimum atomic E-state index is 0.268. The summed E-state index contributed by atoms with van der Waals surface area (Å²) < 4.78 is 6.10. The maximum absolute atomic E-state index is 9.14. The molecule has 1 aromatic rings. The van der Waals surface area contributed by atoms with Gasteiger partial charge in [-0.2, -0.15) is 5.26 Å². The molecule has 3 unspecified atom stereocenters. The van der Waals surface area contributed by atoms with Crippen LogP contribution in [0.4, 0.5) is 0 Å². The van der Waals surface area contributed by atoms with Gasteiger partial charge in [-0.05, 0) is 49.7 Å². The molecule has 2 nitrogen and oxygen atoms in total. The summed E-state index contributed by atoms with van der Waals surface area (Å²) in [4.78, 5) is 0. The second-order valence-electron chi connectivity index (χ2n) is 5.57. The third-order valence-corrected chi connectivity index (χ3v) is 4.17. The molecular formula is C16H21NO. The van der Waals surface area contributed by atoms with Crippen molar-refractivity contribution >= 4 is 0 Å². The van der Waals surface area contributed by atoms with Crippen LogP contribution in [0.5, 0.6) is 5.75 Å². The quantitative estimate of drug-likeness (QED) is 0.784. The van der Waals surface area contributed by atoms with Gasteiger partial charge in [0, 0.05) is 0 Å². The maximum Gasteiger partial charge on any atom is 0.140 e. The van der Waals surface area contributed by atoms with Crippen molar-refractivity contribution < 1.29 is 4.74 Å². The van der Waals surface area contributed by atoms with E-state index < -0.39 is 0 Å². The maximum atomic E-state index is 9.14. The number of benzene rings is 1. The normalized spacial score (nSPS) is 27.6. The Bertz CT molecular complexity index is 461. The number of aryl methyl sites for hydroxylation is 1. The number of nitriles is 1. The first-order chi connectivity index (χ1) is 8.61. The molecule has 0 radical (unpaired) electrons. The molecule has 1 saturated carbocycles. The van der Waals surface area contributed by atoms with E-state index in [4.69, 9.17) is 10.00 Å². The van der Waals surface area contributed by atoms with Crippen LogP contribution in [0.2, 0.25) is 0 Å². The Hall–Kier alpha value is -1.49. The fourth-order valence-corrected chi connectivity index (χ4v) is 2.67. The average molecular weight is 243 g/mol. The summed E-state index contributed by atoms with van der Waals surface area (Å²) in [5, 5.41) is 9.14. The van der Waals surface area contributed by atoms with E-state index in [2.05, 4.69) is 19.9 Å². The highest BCUT2D eigenvalue weighted by atomic mass is 16.5. The number of nitrogens with zero attached hydrogens (tertiary/aromatic N) is 1. The second kappa shape index (κ2) is 5.44. The molecule has 96 valence electrons. The van der Waals surface area contributed by atoms with Gasteiger partial charge in [-0.15, -0.1) is 0 Å². The van der Waals surface area contributed by atoms with E-state index in [1.807, 2.05) is 25.1 Å². The zero-order chi connectivity index (χ0) is 13.1. The zero-order valence-corrected chi connectivity index (χ0v) is 11.4. The Kier molecular flexibility index (Phi) is 3.91. The van der Waals surface area contributed by atoms with Crippen molar-refractivity contribution in [2.75, 3.05) is 0 Å². The molecule has 0 bridgehead atoms. The number of hydrogen-bond acceptors (Lipinski definition) is 2. The van der Waals surface area contributed by atoms with Crippen molar-refractivity contribution in [3.05, 3.63) is 29.3 Å². The van der Waals surface area contributed by atoms with Crippen molar-refractivity contribution in [3.63, 3.8) is 0 Å². The fraction of sp³-hybridized carbons (Fsp3) is 0.562. The fourth-order valence-electron chi connectivity index (χ4n) is 2.67. The molecule has 18 heavy (non-hydrogen) atoms. The van der Waals surface area contributed by atoms with Gasteiger partial charge in [-0.3, -0.25) is 0 Å². The molecule has 3 atom stereocenters. The van der Waals surface area contributed by atoms with Gasteiger partial charge >= 0.3 is 0 Å². The topological polar surface area (TPSA) is 33.0 Å². The van der Waals surface area contributed by atoms with Gasteiger partial charge in [0.1, 0.15) is 11.8 Å². The number of para-hydroxylation sites is 1. The van der Waals surface area contributed by atoms with Crippen molar-refractivity contribution in [2.45, 2.75) is 46.1 Å². The highest BCUT2D eigenvalue weighted by Crippen LogP contribution is 2.33. The van der Waals surface area contributed by atoms with Gasteiger partial charge in [0.2, 0.25) is 0 Å². The van der Waals surface area contributed by atoms with Crippen LogP contribution in [-0.2, 0) is 0 Å². The Labute approximate surface area is 110 Å². The lowest BCUT2D eigenvalue weighted by molar-refractivity contribution is 0.0997. The average Bonchev–Trinajstić information content (AvgIpc) is 2.36. The molecule has 0 aromatic heterocycles. The van der Waals surface area contributed by atoms with Crippen LogP contribution in [0.25, 0.3) is 0 Å². The molecule has 0 heterocycles. The molecule has 2 rings (SSSR count). The van der Waals surface area contributed by atoms with Gasteiger partial charge in [-0.1, -0.05) is 26.0 Å². The molecular weight excluding hydrogens is 222 g/mol. The highest BCUT2D eigenvalue weighted by molar-refractivity contribution is 5.47. The first kappa shape index (κ1) is 13.0. The molecule has 1 aliphatic rings. The minimum absolute atomic E-state index is 0.268. The van der Waals surface area contributed by atoms with E-state index in [1.165, 1.54) is 6.42 Å². The van der Waals surface area contributed by atoms with E-state index in [0.29, 0.717) is 11.5 Å². The second-order valence-corrected chi connectivity index (χ2v) is 5.57. The Morgan fingerprint density at radius 1 is 1.22 bits per heavy atom. The van der Waals surface area contributed by atoms with Crippen molar-refractivity contribution in [1.29, 1.82) is 5.26 Å². The summed E-state index contributed by atoms with van der Waals surface area (Å²) in [6, 6.07) is 7.97. The summed E-state index contributed by atoms with van der Waals surface area (Å²) in [5.41, 5.74) is 1.71. The Balaban J connectivity index is 2.13. The molecule has 0 saturated heterocycles. The molecule has 0 aliphatic heterocycles. The van der Waals surface area contributed by atoms with E-state index in [0.717, 1.165) is 30.1 Å². The third kappa shape index (κ3) is 2.67. The number of rotatable bonds is 2. The van der Waals surface area contributed by atoms with Gasteiger partial charge in [0.05, 0.1) is 11.7 Å². The third-order valence-electron chi connectivity index (χ3n) is 4.17. The van der Waals surface area contributed by atoms with Crippen LogP contribution >= 0.6 is 0 Å². The summed E-state index contributed by atoms with van der Waals surface area (Å²) in [6.07, 6.45) is 3.69. The zero-order valence-electron chi connectivity index (χ0n) is 11.4. The van der Waals surface area contributed by atoms with Gasteiger partial charge in [0.15, 0.2) is 0 Å². The van der Waals surface area contributed by atoms with Crippen molar-refractivity contribution in [3.8, 4) is 11.8 Å². The monoisotopic (exact) mass is 243 g/mol. The Morgan fingerprint density at radius 2 is 2.00 bits per heavy atom. The minimum Gasteiger partial charge on any atom is -0.489 e. The Morgan fingerprint density at radius 3 is 2.67 bits per heavy atom. The molecule has 1 fully saturated rings. The summed E-state index contributed by atoms with van der Waals surface area (Å²) >= 11 is 0. The highest BCUT2D eigenvalue weighted by Gasteiger charge is 2.26. The van der Waals surface area contributed by atoms with Crippen LogP contribution in [0.1, 0.15) is 44.2 Å². The summed E-state index contributed by atoms with van der Waals surface area (Å²) in [7, 11) is 0. The van der Waals surface area contributed by atoms with E-state index in [1.54, 1.807) is 0 Å². The smallest absolute Gasteiger partial charge is 0.140 e. The standard InChI is InChI=1S/C16H21NO/c1-11-7-8-15(9-13(11)3)18-16-12(2)5-4-6-14(16)10-17/h4-6,11,13,15H,7-9H2,1-3H3. The van der Waals surface area contributed by atoms with Crippen LogP contribution in [0.3, 0.4) is 0 Å². The van der Waals surface area contributed by atoms with E-state index >= 15 is 0 Å². The predicted octanol–water partition coefficient (Wildman–Crippen LogP) is 4.07. The van der Waals surface area contributed by atoms with E-state index in [-0.39, 0.29) is 6.10 Å².